The van der Waals surface area contributed by atoms with E-state index in [1.165, 1.54) is 0 Å². The van der Waals surface area contributed by atoms with Crippen LogP contribution in [0.5, 0.6) is 0 Å². The lowest BCUT2D eigenvalue weighted by atomic mass is 10.1. The van der Waals surface area contributed by atoms with Gasteiger partial charge in [0.2, 0.25) is 0 Å². The molecule has 0 atom stereocenters. The van der Waals surface area contributed by atoms with Crippen LogP contribution in [0, 0.1) is 0 Å². The van der Waals surface area contributed by atoms with Gasteiger partial charge in [-0.25, -0.2) is 13.1 Å². The van der Waals surface area contributed by atoms with Crippen molar-refractivity contribution in [3.05, 3.63) is 69.3 Å². The summed E-state index contributed by atoms with van der Waals surface area (Å²) in [5, 5.41) is 6.04. The molecular weight excluding hydrogens is 543 g/mol. The molecule has 1 fully saturated rings. The van der Waals surface area contributed by atoms with E-state index in [-0.39, 0.29) is 30.4 Å². The Morgan fingerprint density at radius 3 is 2.21 bits per heavy atom. The van der Waals surface area contributed by atoms with Gasteiger partial charge in [-0.1, -0.05) is 46.9 Å². The number of benzene rings is 2. The van der Waals surface area contributed by atoms with Crippen LogP contribution in [0.4, 0.5) is 0 Å². The van der Waals surface area contributed by atoms with Crippen molar-refractivity contribution in [3.63, 3.8) is 0 Å². The topological polar surface area (TPSA) is 108 Å². The molecule has 4 rings (SSSR count). The van der Waals surface area contributed by atoms with Crippen molar-refractivity contribution in [3.8, 4) is 16.9 Å². The maximum absolute atomic E-state index is 12.2. The van der Waals surface area contributed by atoms with Gasteiger partial charge in [-0.15, -0.1) is 4.40 Å². The molecule has 1 aliphatic rings. The maximum atomic E-state index is 12.2. The van der Waals surface area contributed by atoms with Gasteiger partial charge < -0.3 is 4.90 Å². The maximum Gasteiger partial charge on any atom is 0.252 e. The van der Waals surface area contributed by atoms with Crippen LogP contribution in [-0.4, -0.2) is 68.9 Å². The van der Waals surface area contributed by atoms with E-state index in [0.717, 1.165) is 11.8 Å². The molecule has 1 saturated heterocycles. The van der Waals surface area contributed by atoms with Crippen LogP contribution in [0.25, 0.3) is 16.9 Å². The number of sulfonamides is 1. The highest BCUT2D eigenvalue weighted by atomic mass is 35.5. The van der Waals surface area contributed by atoms with E-state index in [1.807, 2.05) is 12.1 Å². The van der Waals surface area contributed by atoms with Crippen molar-refractivity contribution < 1.29 is 17.5 Å². The third-order valence-electron chi connectivity index (χ3n) is 5.14. The number of hydrogen-bond acceptors (Lipinski definition) is 5. The molecule has 2 heterocycles. The quantitative estimate of drug-likeness (QED) is 0.331. The molecule has 1 aliphatic heterocycles. The van der Waals surface area contributed by atoms with Crippen molar-refractivity contribution in [1.82, 2.24) is 14.7 Å². The minimum absolute atomic E-state index is 0.115. The number of rotatable bonds is 4. The Balaban J connectivity index is 1.89. The molecule has 13 heteroatoms. The van der Waals surface area contributed by atoms with Gasteiger partial charge in [0.15, 0.2) is 5.84 Å². The molecule has 182 valence electrons. The molecule has 0 spiro atoms. The average Bonchev–Trinajstić information content (AvgIpc) is 3.17. The van der Waals surface area contributed by atoms with E-state index in [4.69, 9.17) is 34.8 Å². The highest BCUT2D eigenvalue weighted by Gasteiger charge is 2.28. The van der Waals surface area contributed by atoms with E-state index in [0.29, 0.717) is 32.1 Å². The Labute approximate surface area is 214 Å². The second-order valence-corrected chi connectivity index (χ2v) is 13.1. The normalized spacial score (nSPS) is 17.6. The van der Waals surface area contributed by atoms with Crippen LogP contribution in [0.2, 0.25) is 15.1 Å². The van der Waals surface area contributed by atoms with Crippen LogP contribution in [0.15, 0.2) is 52.9 Å². The zero-order valence-corrected chi connectivity index (χ0v) is 21.8. The van der Waals surface area contributed by atoms with Crippen molar-refractivity contribution in [1.29, 1.82) is 0 Å². The van der Waals surface area contributed by atoms with Crippen LogP contribution in [-0.2, 0) is 10.0 Å². The molecule has 0 radical (unpaired) electrons. The fraction of sp³-hybridized carbons (Fsp3) is 0.238. The standard InChI is InChI=1S/C21H21Cl3N4O4S2/c1-33(29,30)26-21(27-8-10-34(31,32)11-9-27)18-13-20(14-2-4-15(22)5-3-14)28(25-18)19-7-6-16(23)12-17(19)24/h2-7,12-13,31-32H,8-11H2,1H3. The molecule has 2 aromatic carbocycles. The van der Waals surface area contributed by atoms with Crippen LogP contribution < -0.4 is 0 Å². The monoisotopic (exact) mass is 562 g/mol. The molecule has 0 amide bonds. The highest BCUT2D eigenvalue weighted by Crippen LogP contribution is 2.40. The molecule has 1 aromatic heterocycles. The summed E-state index contributed by atoms with van der Waals surface area (Å²) in [5.74, 6) is 0.351. The van der Waals surface area contributed by atoms with Gasteiger partial charge in [-0.2, -0.15) is 15.7 Å². The average molecular weight is 564 g/mol. The van der Waals surface area contributed by atoms with Crippen LogP contribution in [0.3, 0.4) is 0 Å². The largest absolute Gasteiger partial charge is 0.351 e. The van der Waals surface area contributed by atoms with E-state index >= 15 is 0 Å². The zero-order chi connectivity index (χ0) is 24.7. The molecule has 2 N–H and O–H groups in total. The van der Waals surface area contributed by atoms with E-state index in [2.05, 4.69) is 9.50 Å². The van der Waals surface area contributed by atoms with Gasteiger partial charge in [-0.05, 0) is 36.4 Å². The lowest BCUT2D eigenvalue weighted by molar-refractivity contribution is 0.405. The number of nitrogens with zero attached hydrogens (tertiary/aromatic N) is 4. The van der Waals surface area contributed by atoms with Gasteiger partial charge in [0.05, 0.1) is 34.2 Å². The van der Waals surface area contributed by atoms with Gasteiger partial charge >= 0.3 is 0 Å². The van der Waals surface area contributed by atoms with E-state index < -0.39 is 20.6 Å². The summed E-state index contributed by atoms with van der Waals surface area (Å²) in [7, 11) is -6.48. The molecule has 0 bridgehead atoms. The summed E-state index contributed by atoms with van der Waals surface area (Å²) in [6, 6.07) is 13.8. The molecule has 34 heavy (non-hydrogen) atoms. The minimum Gasteiger partial charge on any atom is -0.351 e. The summed E-state index contributed by atoms with van der Waals surface area (Å²) in [5.41, 5.74) is 2.22. The summed E-state index contributed by atoms with van der Waals surface area (Å²) >= 11 is 18.6. The number of amidine groups is 1. The van der Waals surface area contributed by atoms with Gasteiger partial charge in [0, 0.05) is 28.7 Å². The minimum atomic E-state index is -3.78. The zero-order valence-electron chi connectivity index (χ0n) is 17.9. The molecule has 3 aromatic rings. The van der Waals surface area contributed by atoms with Crippen LogP contribution >= 0.6 is 45.4 Å². The SMILES string of the molecule is CS(=O)(=O)N=C(c1cc(-c2ccc(Cl)cc2)n(-c2ccc(Cl)cc2Cl)n1)N1CCS(O)(O)CC1. The molecule has 0 saturated carbocycles. The van der Waals surface area contributed by atoms with E-state index in [1.54, 1.807) is 46.0 Å². The molecule has 0 unspecified atom stereocenters. The van der Waals surface area contributed by atoms with Gasteiger partial charge in [-0.3, -0.25) is 9.11 Å². The first-order chi connectivity index (χ1) is 15.9. The smallest absolute Gasteiger partial charge is 0.252 e. The van der Waals surface area contributed by atoms with Gasteiger partial charge in [0.25, 0.3) is 10.0 Å². The second kappa shape index (κ2) is 9.69. The van der Waals surface area contributed by atoms with Crippen molar-refractivity contribution in [2.75, 3.05) is 30.9 Å². The third-order valence-corrected chi connectivity index (χ3v) is 8.11. The number of halogens is 3. The number of hydrogen-bond donors (Lipinski definition) is 2. The second-order valence-electron chi connectivity index (χ2n) is 7.77. The summed E-state index contributed by atoms with van der Waals surface area (Å²) in [4.78, 5) is 1.69. The lowest BCUT2D eigenvalue weighted by Gasteiger charge is -2.41. The highest BCUT2D eigenvalue weighted by molar-refractivity contribution is 8.24. The lowest BCUT2D eigenvalue weighted by Crippen LogP contribution is -2.43. The predicted octanol–water partition coefficient (Wildman–Crippen LogP) is 5.27. The first-order valence-corrected chi connectivity index (χ1v) is 14.9. The predicted molar refractivity (Wildman–Crippen MR) is 140 cm³/mol. The molecule has 0 aliphatic carbocycles. The molecular formula is C21H21Cl3N4O4S2. The van der Waals surface area contributed by atoms with E-state index in [9.17, 15) is 17.5 Å². The number of aromatic nitrogens is 2. The first-order valence-electron chi connectivity index (χ1n) is 10.0. The fourth-order valence-electron chi connectivity index (χ4n) is 3.52. The Bertz CT molecular complexity index is 1350. The van der Waals surface area contributed by atoms with Crippen molar-refractivity contribution in [2.24, 2.45) is 4.40 Å². The Morgan fingerprint density at radius 1 is 1.00 bits per heavy atom. The Morgan fingerprint density at radius 2 is 1.62 bits per heavy atom. The third kappa shape index (κ3) is 5.88. The van der Waals surface area contributed by atoms with Crippen LogP contribution in [0.1, 0.15) is 5.69 Å². The first kappa shape index (κ1) is 25.3. The van der Waals surface area contributed by atoms with Crippen molar-refractivity contribution in [2.45, 2.75) is 0 Å². The summed E-state index contributed by atoms with van der Waals surface area (Å²) in [6.07, 6.45) is 0.998. The van der Waals surface area contributed by atoms with Crippen molar-refractivity contribution >= 4 is 61.3 Å². The Hall–Kier alpha value is -1.79. The summed E-state index contributed by atoms with van der Waals surface area (Å²) in [6.45, 7) is 0.447. The Kier molecular flexibility index (Phi) is 7.21. The fourth-order valence-corrected chi connectivity index (χ4v) is 5.88. The molecule has 8 nitrogen and oxygen atoms in total. The summed E-state index contributed by atoms with van der Waals surface area (Å²) < 4.78 is 49.8. The van der Waals surface area contributed by atoms with Gasteiger partial charge in [0.1, 0.15) is 5.69 Å².